The lowest BCUT2D eigenvalue weighted by atomic mass is 9.81. The first-order valence-corrected chi connectivity index (χ1v) is 11.0. The third kappa shape index (κ3) is 3.57. The Kier molecular flexibility index (Phi) is 4.86. The highest BCUT2D eigenvalue weighted by molar-refractivity contribution is 5.86. The molecule has 0 spiro atoms. The van der Waals surface area contributed by atoms with Gasteiger partial charge in [0.15, 0.2) is 6.10 Å². The fraction of sp³-hybridized carbons (Fsp3) is 0.762. The number of carbonyl (C=O) groups is 3. The van der Waals surface area contributed by atoms with Crippen molar-refractivity contribution in [3.63, 3.8) is 0 Å². The highest BCUT2D eigenvalue weighted by Gasteiger charge is 2.53. The first-order valence-electron chi connectivity index (χ1n) is 11.0. The molecule has 5 aliphatic rings. The second-order valence-electron chi connectivity index (χ2n) is 9.43. The molecule has 0 radical (unpaired) electrons. The van der Waals surface area contributed by atoms with Crippen molar-refractivity contribution in [1.29, 1.82) is 0 Å². The SMILES string of the molecule is O=C(NC1CC1)C(O)[C@H](C[C@@H]1CCNC1=O)NC(=O)[C@H]1NC[C@H]2[C@@H]1[C@H]1C=C[C@@H]2C1. The van der Waals surface area contributed by atoms with E-state index in [-0.39, 0.29) is 42.2 Å². The minimum Gasteiger partial charge on any atom is -0.381 e. The molecule has 8 nitrogen and oxygen atoms in total. The summed E-state index contributed by atoms with van der Waals surface area (Å²) in [6.07, 6.45) is 7.05. The van der Waals surface area contributed by atoms with Gasteiger partial charge < -0.3 is 26.4 Å². The fourth-order valence-electron chi connectivity index (χ4n) is 5.82. The van der Waals surface area contributed by atoms with Crippen LogP contribution in [0.25, 0.3) is 0 Å². The van der Waals surface area contributed by atoms with Crippen LogP contribution in [0.3, 0.4) is 0 Å². The third-order valence-corrected chi connectivity index (χ3v) is 7.53. The van der Waals surface area contributed by atoms with Gasteiger partial charge in [0.2, 0.25) is 11.8 Å². The molecule has 3 aliphatic carbocycles. The monoisotopic (exact) mass is 402 g/mol. The highest BCUT2D eigenvalue weighted by atomic mass is 16.3. The summed E-state index contributed by atoms with van der Waals surface area (Å²) in [5.41, 5.74) is 0. The van der Waals surface area contributed by atoms with E-state index in [9.17, 15) is 19.5 Å². The highest BCUT2D eigenvalue weighted by Crippen LogP contribution is 2.51. The maximum atomic E-state index is 13.2. The summed E-state index contributed by atoms with van der Waals surface area (Å²) in [5.74, 6) is 0.757. The smallest absolute Gasteiger partial charge is 0.251 e. The molecule has 0 aromatic carbocycles. The Morgan fingerprint density at radius 2 is 2.00 bits per heavy atom. The van der Waals surface area contributed by atoms with Crippen molar-refractivity contribution >= 4 is 17.7 Å². The molecule has 5 N–H and O–H groups in total. The van der Waals surface area contributed by atoms with Gasteiger partial charge in [-0.3, -0.25) is 14.4 Å². The number of hydrogen-bond donors (Lipinski definition) is 5. The standard InChI is InChI=1S/C21H30N4O4/c26-18(21(29)24-13-3-4-13)15(8-12-5-6-22-19(12)27)25-20(28)17-16-11-2-1-10(7-11)14(16)9-23-17/h1-2,10-18,23,26H,3-9H2,(H,22,27)(H,24,29)(H,25,28)/t10-,11+,12+,14-,15+,16+,17+,18?/m1/s1. The number of amides is 3. The van der Waals surface area contributed by atoms with Crippen molar-refractivity contribution in [2.45, 2.75) is 56.3 Å². The summed E-state index contributed by atoms with van der Waals surface area (Å²) in [7, 11) is 0. The molecule has 2 saturated carbocycles. The fourth-order valence-corrected chi connectivity index (χ4v) is 5.82. The van der Waals surface area contributed by atoms with Crippen molar-refractivity contribution in [2.75, 3.05) is 13.1 Å². The van der Waals surface area contributed by atoms with Gasteiger partial charge in [-0.15, -0.1) is 0 Å². The molecule has 3 amide bonds. The van der Waals surface area contributed by atoms with Gasteiger partial charge >= 0.3 is 0 Å². The predicted octanol–water partition coefficient (Wildman–Crippen LogP) is -0.953. The zero-order chi connectivity index (χ0) is 20.1. The van der Waals surface area contributed by atoms with Crippen LogP contribution in [0.5, 0.6) is 0 Å². The Hall–Kier alpha value is -1.93. The Bertz CT molecular complexity index is 736. The molecule has 158 valence electrons. The van der Waals surface area contributed by atoms with Gasteiger partial charge in [-0.25, -0.2) is 0 Å². The first kappa shape index (κ1) is 19.1. The summed E-state index contributed by atoms with van der Waals surface area (Å²) in [6, 6.07) is -0.954. The van der Waals surface area contributed by atoms with Crippen LogP contribution in [0.1, 0.15) is 32.1 Å². The number of aliphatic hydroxyl groups excluding tert-OH is 1. The van der Waals surface area contributed by atoms with Crippen LogP contribution in [0.4, 0.5) is 0 Å². The van der Waals surface area contributed by atoms with Crippen LogP contribution in [0.2, 0.25) is 0 Å². The lowest BCUT2D eigenvalue weighted by Gasteiger charge is -2.29. The Morgan fingerprint density at radius 3 is 2.72 bits per heavy atom. The first-order chi connectivity index (χ1) is 14.0. The van der Waals surface area contributed by atoms with E-state index in [4.69, 9.17) is 0 Å². The predicted molar refractivity (Wildman–Crippen MR) is 104 cm³/mol. The van der Waals surface area contributed by atoms with Crippen LogP contribution in [-0.2, 0) is 14.4 Å². The van der Waals surface area contributed by atoms with Crippen LogP contribution in [0, 0.1) is 29.6 Å². The van der Waals surface area contributed by atoms with Crippen LogP contribution in [-0.4, -0.2) is 60.1 Å². The number of hydrogen-bond acceptors (Lipinski definition) is 5. The molecule has 29 heavy (non-hydrogen) atoms. The molecular weight excluding hydrogens is 372 g/mol. The minimum absolute atomic E-state index is 0.0728. The van der Waals surface area contributed by atoms with Crippen molar-refractivity contribution in [3.8, 4) is 0 Å². The van der Waals surface area contributed by atoms with Gasteiger partial charge in [-0.2, -0.15) is 0 Å². The van der Waals surface area contributed by atoms with Crippen LogP contribution < -0.4 is 21.3 Å². The molecule has 2 bridgehead atoms. The molecule has 8 heteroatoms. The van der Waals surface area contributed by atoms with Crippen molar-refractivity contribution in [2.24, 2.45) is 29.6 Å². The Labute approximate surface area is 170 Å². The summed E-state index contributed by atoms with van der Waals surface area (Å²) in [4.78, 5) is 37.6. The molecular formula is C21H30N4O4. The normalized spacial score (nSPS) is 39.1. The molecule has 2 saturated heterocycles. The topological polar surface area (TPSA) is 120 Å². The lowest BCUT2D eigenvalue weighted by molar-refractivity contribution is -0.134. The average Bonchev–Trinajstić information content (AvgIpc) is 3.11. The van der Waals surface area contributed by atoms with Crippen molar-refractivity contribution in [3.05, 3.63) is 12.2 Å². The second-order valence-corrected chi connectivity index (χ2v) is 9.43. The van der Waals surface area contributed by atoms with E-state index >= 15 is 0 Å². The third-order valence-electron chi connectivity index (χ3n) is 7.53. The van der Waals surface area contributed by atoms with E-state index in [1.165, 1.54) is 0 Å². The minimum atomic E-state index is -1.36. The van der Waals surface area contributed by atoms with E-state index in [2.05, 4.69) is 33.4 Å². The molecule has 2 aliphatic heterocycles. The zero-order valence-electron chi connectivity index (χ0n) is 16.5. The molecule has 8 atom stereocenters. The number of carbonyl (C=O) groups excluding carboxylic acids is 3. The summed E-state index contributed by atoms with van der Waals surface area (Å²) in [5, 5.41) is 22.6. The van der Waals surface area contributed by atoms with Crippen molar-refractivity contribution in [1.82, 2.24) is 21.3 Å². The van der Waals surface area contributed by atoms with E-state index in [1.54, 1.807) is 0 Å². The Morgan fingerprint density at radius 1 is 1.21 bits per heavy atom. The largest absolute Gasteiger partial charge is 0.381 e. The molecule has 1 unspecified atom stereocenters. The molecule has 5 rings (SSSR count). The maximum Gasteiger partial charge on any atom is 0.251 e. The molecule has 0 aromatic heterocycles. The van der Waals surface area contributed by atoms with Gasteiger partial charge in [0.25, 0.3) is 5.91 Å². The summed E-state index contributed by atoms with van der Waals surface area (Å²) >= 11 is 0. The van der Waals surface area contributed by atoms with Crippen LogP contribution >= 0.6 is 0 Å². The Balaban J connectivity index is 1.27. The summed E-state index contributed by atoms with van der Waals surface area (Å²) in [6.45, 7) is 1.42. The van der Waals surface area contributed by atoms with Gasteiger partial charge in [-0.1, -0.05) is 12.2 Å². The number of allylic oxidation sites excluding steroid dienone is 2. The number of rotatable bonds is 7. The average molecular weight is 402 g/mol. The lowest BCUT2D eigenvalue weighted by Crippen LogP contribution is -2.56. The van der Waals surface area contributed by atoms with Gasteiger partial charge in [0, 0.05) is 18.5 Å². The van der Waals surface area contributed by atoms with Gasteiger partial charge in [0.1, 0.15) is 0 Å². The number of aliphatic hydroxyl groups is 1. The van der Waals surface area contributed by atoms with Crippen molar-refractivity contribution < 1.29 is 19.5 Å². The van der Waals surface area contributed by atoms with E-state index in [0.717, 1.165) is 25.8 Å². The zero-order valence-corrected chi connectivity index (χ0v) is 16.5. The molecule has 0 aromatic rings. The number of fused-ring (bicyclic) bond motifs is 5. The molecule has 4 fully saturated rings. The van der Waals surface area contributed by atoms with E-state index < -0.39 is 18.1 Å². The van der Waals surface area contributed by atoms with Crippen LogP contribution in [0.15, 0.2) is 12.2 Å². The second kappa shape index (κ2) is 7.40. The van der Waals surface area contributed by atoms with Gasteiger partial charge in [0.05, 0.1) is 12.1 Å². The molecule has 2 heterocycles. The summed E-state index contributed by atoms with van der Waals surface area (Å²) < 4.78 is 0. The quantitative estimate of drug-likeness (QED) is 0.352. The van der Waals surface area contributed by atoms with E-state index in [0.29, 0.717) is 30.7 Å². The van der Waals surface area contributed by atoms with E-state index in [1.807, 2.05) is 0 Å². The van der Waals surface area contributed by atoms with Gasteiger partial charge in [-0.05, 0) is 62.3 Å². The maximum absolute atomic E-state index is 13.2. The number of nitrogens with one attached hydrogen (secondary N) is 4.